The van der Waals surface area contributed by atoms with Crippen molar-refractivity contribution in [2.45, 2.75) is 53.2 Å². The molecule has 0 aliphatic heterocycles. The van der Waals surface area contributed by atoms with Crippen LogP contribution in [0.15, 0.2) is 12.1 Å². The molecule has 2 nitrogen and oxygen atoms in total. The summed E-state index contributed by atoms with van der Waals surface area (Å²) in [6.07, 6.45) is 3.72. The first kappa shape index (κ1) is 15.7. The lowest BCUT2D eigenvalue weighted by Gasteiger charge is -2.05. The van der Waals surface area contributed by atoms with Gasteiger partial charge < -0.3 is 10.1 Å². The first-order chi connectivity index (χ1) is 8.72. The Hall–Kier alpha value is -0.380. The van der Waals surface area contributed by atoms with E-state index in [0.29, 0.717) is 5.92 Å². The maximum atomic E-state index is 5.67. The average molecular weight is 269 g/mol. The van der Waals surface area contributed by atoms with E-state index in [2.05, 4.69) is 38.2 Å². The third kappa shape index (κ3) is 7.14. The van der Waals surface area contributed by atoms with Crippen LogP contribution in [0, 0.1) is 5.92 Å². The molecule has 0 radical (unpaired) electrons. The van der Waals surface area contributed by atoms with Gasteiger partial charge in [-0.05, 0) is 31.0 Å². The summed E-state index contributed by atoms with van der Waals surface area (Å²) in [5.74, 6) is 0.714. The van der Waals surface area contributed by atoms with E-state index in [9.17, 15) is 0 Å². The van der Waals surface area contributed by atoms with Gasteiger partial charge >= 0.3 is 0 Å². The van der Waals surface area contributed by atoms with Crippen molar-refractivity contribution in [2.24, 2.45) is 5.92 Å². The number of thiophene rings is 1. The first-order valence-electron chi connectivity index (χ1n) is 7.08. The van der Waals surface area contributed by atoms with Crippen molar-refractivity contribution in [1.82, 2.24) is 5.32 Å². The van der Waals surface area contributed by atoms with Gasteiger partial charge in [0, 0.05) is 22.9 Å². The molecule has 3 heteroatoms. The SMILES string of the molecule is CCCCCOCc1ccc(CNCC(C)C)s1. The molecule has 1 rings (SSSR count). The van der Waals surface area contributed by atoms with E-state index in [4.69, 9.17) is 4.74 Å². The van der Waals surface area contributed by atoms with E-state index in [1.807, 2.05) is 11.3 Å². The number of rotatable bonds is 10. The Morgan fingerprint density at radius 2 is 2.00 bits per heavy atom. The fourth-order valence-corrected chi connectivity index (χ4v) is 2.63. The molecule has 1 N–H and O–H groups in total. The van der Waals surface area contributed by atoms with Crippen LogP contribution in [0.5, 0.6) is 0 Å². The lowest BCUT2D eigenvalue weighted by molar-refractivity contribution is 0.119. The van der Waals surface area contributed by atoms with E-state index in [1.165, 1.54) is 29.0 Å². The van der Waals surface area contributed by atoms with Crippen molar-refractivity contribution >= 4 is 11.3 Å². The summed E-state index contributed by atoms with van der Waals surface area (Å²) in [5, 5.41) is 3.47. The number of ether oxygens (including phenoxy) is 1. The van der Waals surface area contributed by atoms with Crippen molar-refractivity contribution in [1.29, 1.82) is 0 Å². The molecule has 0 aromatic carbocycles. The van der Waals surface area contributed by atoms with Crippen LogP contribution in [-0.4, -0.2) is 13.2 Å². The molecular weight excluding hydrogens is 242 g/mol. The summed E-state index contributed by atoms with van der Waals surface area (Å²) in [5.41, 5.74) is 0. The molecular formula is C15H27NOS. The Morgan fingerprint density at radius 3 is 2.72 bits per heavy atom. The monoisotopic (exact) mass is 269 g/mol. The molecule has 0 aliphatic carbocycles. The van der Waals surface area contributed by atoms with Crippen LogP contribution >= 0.6 is 11.3 Å². The summed E-state index contributed by atoms with van der Waals surface area (Å²) in [4.78, 5) is 2.75. The third-order valence-electron chi connectivity index (χ3n) is 2.71. The molecule has 1 aromatic heterocycles. The van der Waals surface area contributed by atoms with E-state index in [0.717, 1.165) is 26.3 Å². The predicted octanol–water partition coefficient (Wildman–Crippen LogP) is 4.20. The normalized spacial score (nSPS) is 11.3. The van der Waals surface area contributed by atoms with Crippen LogP contribution in [0.3, 0.4) is 0 Å². The van der Waals surface area contributed by atoms with Gasteiger partial charge in [0.15, 0.2) is 0 Å². The smallest absolute Gasteiger partial charge is 0.0809 e. The summed E-state index contributed by atoms with van der Waals surface area (Å²) in [6.45, 7) is 10.4. The molecule has 0 aliphatic rings. The number of unbranched alkanes of at least 4 members (excludes halogenated alkanes) is 2. The fourth-order valence-electron chi connectivity index (χ4n) is 1.71. The van der Waals surface area contributed by atoms with Gasteiger partial charge in [0.05, 0.1) is 6.61 Å². The first-order valence-corrected chi connectivity index (χ1v) is 7.90. The second-order valence-corrected chi connectivity index (χ2v) is 6.41. The molecule has 18 heavy (non-hydrogen) atoms. The Balaban J connectivity index is 2.13. The van der Waals surface area contributed by atoms with Crippen molar-refractivity contribution < 1.29 is 4.74 Å². The molecule has 1 heterocycles. The Morgan fingerprint density at radius 1 is 1.22 bits per heavy atom. The van der Waals surface area contributed by atoms with Crippen molar-refractivity contribution in [3.63, 3.8) is 0 Å². The summed E-state index contributed by atoms with van der Waals surface area (Å²) in [6, 6.07) is 4.40. The molecule has 104 valence electrons. The Bertz CT molecular complexity index is 309. The van der Waals surface area contributed by atoms with E-state index in [1.54, 1.807) is 0 Å². The molecule has 0 atom stereocenters. The topological polar surface area (TPSA) is 21.3 Å². The van der Waals surface area contributed by atoms with Gasteiger partial charge in [-0.3, -0.25) is 0 Å². The second-order valence-electron chi connectivity index (χ2n) is 5.15. The third-order valence-corrected chi connectivity index (χ3v) is 3.76. The highest BCUT2D eigenvalue weighted by Crippen LogP contribution is 2.17. The van der Waals surface area contributed by atoms with Gasteiger partial charge in [0.2, 0.25) is 0 Å². The van der Waals surface area contributed by atoms with Crippen LogP contribution in [-0.2, 0) is 17.9 Å². The van der Waals surface area contributed by atoms with Gasteiger partial charge in [0.1, 0.15) is 0 Å². The fraction of sp³-hybridized carbons (Fsp3) is 0.733. The molecule has 0 saturated carbocycles. The van der Waals surface area contributed by atoms with Crippen molar-refractivity contribution in [2.75, 3.05) is 13.2 Å². The molecule has 0 amide bonds. The van der Waals surface area contributed by atoms with Crippen molar-refractivity contribution in [3.05, 3.63) is 21.9 Å². The van der Waals surface area contributed by atoms with Crippen LogP contribution in [0.4, 0.5) is 0 Å². The highest BCUT2D eigenvalue weighted by Gasteiger charge is 2.01. The number of hydrogen-bond donors (Lipinski definition) is 1. The lowest BCUT2D eigenvalue weighted by atomic mass is 10.2. The molecule has 0 bridgehead atoms. The second kappa shape index (κ2) is 9.54. The molecule has 0 unspecified atom stereocenters. The maximum Gasteiger partial charge on any atom is 0.0809 e. The van der Waals surface area contributed by atoms with Gasteiger partial charge in [0.25, 0.3) is 0 Å². The van der Waals surface area contributed by atoms with Crippen LogP contribution in [0.2, 0.25) is 0 Å². The zero-order valence-electron chi connectivity index (χ0n) is 12.0. The maximum absolute atomic E-state index is 5.67. The molecule has 0 saturated heterocycles. The van der Waals surface area contributed by atoms with Gasteiger partial charge in [-0.15, -0.1) is 11.3 Å². The summed E-state index contributed by atoms with van der Waals surface area (Å²) >= 11 is 1.86. The van der Waals surface area contributed by atoms with Crippen molar-refractivity contribution in [3.8, 4) is 0 Å². The highest BCUT2D eigenvalue weighted by molar-refractivity contribution is 7.11. The Kier molecular flexibility index (Phi) is 8.31. The molecule has 0 fully saturated rings. The van der Waals surface area contributed by atoms with E-state index in [-0.39, 0.29) is 0 Å². The summed E-state index contributed by atoms with van der Waals surface area (Å²) in [7, 11) is 0. The summed E-state index contributed by atoms with van der Waals surface area (Å²) < 4.78 is 5.67. The quantitative estimate of drug-likeness (QED) is 0.643. The zero-order valence-corrected chi connectivity index (χ0v) is 12.8. The van der Waals surface area contributed by atoms with Crippen LogP contribution < -0.4 is 5.32 Å². The molecule has 0 spiro atoms. The Labute approximate surface area is 116 Å². The van der Waals surface area contributed by atoms with Gasteiger partial charge in [-0.1, -0.05) is 33.6 Å². The van der Waals surface area contributed by atoms with Crippen LogP contribution in [0.1, 0.15) is 49.8 Å². The number of hydrogen-bond acceptors (Lipinski definition) is 3. The van der Waals surface area contributed by atoms with E-state index < -0.39 is 0 Å². The van der Waals surface area contributed by atoms with E-state index >= 15 is 0 Å². The minimum absolute atomic E-state index is 0.714. The minimum Gasteiger partial charge on any atom is -0.376 e. The zero-order chi connectivity index (χ0) is 13.2. The van der Waals surface area contributed by atoms with Gasteiger partial charge in [-0.25, -0.2) is 0 Å². The average Bonchev–Trinajstić information content (AvgIpc) is 2.76. The predicted molar refractivity (Wildman–Crippen MR) is 80.0 cm³/mol. The molecule has 1 aromatic rings. The van der Waals surface area contributed by atoms with Crippen LogP contribution in [0.25, 0.3) is 0 Å². The standard InChI is InChI=1S/C15H27NOS/c1-4-5-6-9-17-12-15-8-7-14(18-15)11-16-10-13(2)3/h7-8,13,16H,4-6,9-12H2,1-3H3. The lowest BCUT2D eigenvalue weighted by Crippen LogP contribution is -2.18. The van der Waals surface area contributed by atoms with Gasteiger partial charge in [-0.2, -0.15) is 0 Å². The number of nitrogens with one attached hydrogen (secondary N) is 1. The minimum atomic E-state index is 0.714. The largest absolute Gasteiger partial charge is 0.376 e. The highest BCUT2D eigenvalue weighted by atomic mass is 32.1.